The summed E-state index contributed by atoms with van der Waals surface area (Å²) in [6.07, 6.45) is 0. The van der Waals surface area contributed by atoms with Crippen molar-refractivity contribution in [3.8, 4) is 11.5 Å². The molecule has 1 heterocycles. The van der Waals surface area contributed by atoms with Gasteiger partial charge in [0.15, 0.2) is 0 Å². The molecular formula is C21H23ClN4O2. The van der Waals surface area contributed by atoms with Crippen LogP contribution in [0.15, 0.2) is 48.5 Å². The highest BCUT2D eigenvalue weighted by atomic mass is 35.5. The number of anilines is 3. The van der Waals surface area contributed by atoms with Crippen LogP contribution in [0, 0.1) is 6.92 Å². The Morgan fingerprint density at radius 3 is 2.36 bits per heavy atom. The Balaban J connectivity index is 1.86. The standard InChI is InChI=1S/C21H23ClN4O2/c1-13-10-20(25-17-12-18(27-3)16(22)11-19(17)28-4)26-21(23-13)24-14(2)15-8-6-5-7-9-15/h5-12,14H,1-4H3,(H2,23,24,25,26). The van der Waals surface area contributed by atoms with E-state index in [1.165, 1.54) is 0 Å². The van der Waals surface area contributed by atoms with Gasteiger partial charge in [-0.25, -0.2) is 4.98 Å². The molecule has 0 saturated carbocycles. The van der Waals surface area contributed by atoms with Gasteiger partial charge in [0.1, 0.15) is 17.3 Å². The Labute approximate surface area is 169 Å². The number of hydrogen-bond acceptors (Lipinski definition) is 6. The summed E-state index contributed by atoms with van der Waals surface area (Å²) in [5.74, 6) is 2.32. The van der Waals surface area contributed by atoms with Crippen molar-refractivity contribution < 1.29 is 9.47 Å². The summed E-state index contributed by atoms with van der Waals surface area (Å²) >= 11 is 6.18. The fraction of sp³-hybridized carbons (Fsp3) is 0.238. The van der Waals surface area contributed by atoms with E-state index in [1.54, 1.807) is 26.4 Å². The third kappa shape index (κ3) is 4.64. The second-order valence-corrected chi connectivity index (χ2v) is 6.71. The molecule has 6 nitrogen and oxygen atoms in total. The molecule has 1 unspecified atom stereocenters. The van der Waals surface area contributed by atoms with Gasteiger partial charge in [0.05, 0.1) is 31.0 Å². The van der Waals surface area contributed by atoms with Gasteiger partial charge in [-0.3, -0.25) is 0 Å². The number of aryl methyl sites for hydroxylation is 1. The zero-order valence-corrected chi connectivity index (χ0v) is 17.0. The van der Waals surface area contributed by atoms with Gasteiger partial charge in [0.25, 0.3) is 0 Å². The van der Waals surface area contributed by atoms with E-state index in [4.69, 9.17) is 21.1 Å². The normalized spacial score (nSPS) is 11.6. The maximum absolute atomic E-state index is 6.18. The topological polar surface area (TPSA) is 68.3 Å². The Kier molecular flexibility index (Phi) is 6.21. The molecule has 0 aliphatic heterocycles. The number of rotatable bonds is 7. The molecule has 3 aromatic rings. The van der Waals surface area contributed by atoms with Gasteiger partial charge in [-0.2, -0.15) is 4.98 Å². The number of hydrogen-bond donors (Lipinski definition) is 2. The fourth-order valence-electron chi connectivity index (χ4n) is 2.81. The smallest absolute Gasteiger partial charge is 0.225 e. The van der Waals surface area contributed by atoms with Crippen LogP contribution < -0.4 is 20.1 Å². The van der Waals surface area contributed by atoms with Crippen LogP contribution in [0.3, 0.4) is 0 Å². The molecule has 0 saturated heterocycles. The molecule has 7 heteroatoms. The Bertz CT molecular complexity index is 951. The maximum atomic E-state index is 6.18. The lowest BCUT2D eigenvalue weighted by Crippen LogP contribution is -2.11. The molecule has 3 rings (SSSR count). The van der Waals surface area contributed by atoms with Crippen molar-refractivity contribution in [1.82, 2.24) is 9.97 Å². The summed E-state index contributed by atoms with van der Waals surface area (Å²) in [5.41, 5.74) is 2.69. The van der Waals surface area contributed by atoms with Crippen molar-refractivity contribution in [3.63, 3.8) is 0 Å². The average molecular weight is 399 g/mol. The average Bonchev–Trinajstić information content (AvgIpc) is 2.69. The van der Waals surface area contributed by atoms with Crippen LogP contribution in [0.1, 0.15) is 24.2 Å². The summed E-state index contributed by atoms with van der Waals surface area (Å²) in [4.78, 5) is 9.08. The monoisotopic (exact) mass is 398 g/mol. The molecule has 28 heavy (non-hydrogen) atoms. The van der Waals surface area contributed by atoms with E-state index in [2.05, 4.69) is 39.7 Å². The molecule has 1 aromatic heterocycles. The molecule has 0 aliphatic carbocycles. The van der Waals surface area contributed by atoms with Gasteiger partial charge in [-0.1, -0.05) is 41.9 Å². The van der Waals surface area contributed by atoms with E-state index < -0.39 is 0 Å². The zero-order chi connectivity index (χ0) is 20.1. The molecule has 0 bridgehead atoms. The summed E-state index contributed by atoms with van der Waals surface area (Å²) in [6, 6.07) is 15.6. The number of nitrogens with zero attached hydrogens (tertiary/aromatic N) is 2. The third-order valence-electron chi connectivity index (χ3n) is 4.24. The molecule has 2 aromatic carbocycles. The zero-order valence-electron chi connectivity index (χ0n) is 16.3. The lowest BCUT2D eigenvalue weighted by atomic mass is 10.1. The molecule has 0 radical (unpaired) electrons. The quantitative estimate of drug-likeness (QED) is 0.557. The number of halogens is 1. The van der Waals surface area contributed by atoms with E-state index in [1.807, 2.05) is 31.2 Å². The lowest BCUT2D eigenvalue weighted by molar-refractivity contribution is 0.405. The first-order valence-electron chi connectivity index (χ1n) is 8.86. The second kappa shape index (κ2) is 8.80. The maximum Gasteiger partial charge on any atom is 0.225 e. The number of methoxy groups -OCH3 is 2. The van der Waals surface area contributed by atoms with Crippen LogP contribution in [0.2, 0.25) is 5.02 Å². The van der Waals surface area contributed by atoms with Crippen molar-refractivity contribution in [2.75, 3.05) is 24.9 Å². The highest BCUT2D eigenvalue weighted by Gasteiger charge is 2.13. The van der Waals surface area contributed by atoms with Crippen LogP contribution in [0.25, 0.3) is 0 Å². The summed E-state index contributed by atoms with van der Waals surface area (Å²) in [5, 5.41) is 7.09. The van der Waals surface area contributed by atoms with Gasteiger partial charge in [0.2, 0.25) is 5.95 Å². The molecule has 0 aliphatic rings. The highest BCUT2D eigenvalue weighted by molar-refractivity contribution is 6.32. The fourth-order valence-corrected chi connectivity index (χ4v) is 3.04. The molecule has 0 amide bonds. The van der Waals surface area contributed by atoms with Crippen molar-refractivity contribution in [3.05, 3.63) is 64.8 Å². The largest absolute Gasteiger partial charge is 0.495 e. The van der Waals surface area contributed by atoms with Crippen LogP contribution >= 0.6 is 11.6 Å². The first kappa shape index (κ1) is 19.8. The van der Waals surface area contributed by atoms with Gasteiger partial charge < -0.3 is 20.1 Å². The molecule has 0 spiro atoms. The number of ether oxygens (including phenoxy) is 2. The SMILES string of the molecule is COc1cc(Nc2cc(C)nc(NC(C)c3ccccc3)n2)c(OC)cc1Cl. The minimum atomic E-state index is 0.0704. The van der Waals surface area contributed by atoms with Crippen molar-refractivity contribution in [2.45, 2.75) is 19.9 Å². The van der Waals surface area contributed by atoms with Crippen LogP contribution in [-0.4, -0.2) is 24.2 Å². The predicted molar refractivity (Wildman–Crippen MR) is 113 cm³/mol. The Morgan fingerprint density at radius 1 is 0.964 bits per heavy atom. The van der Waals surface area contributed by atoms with E-state index in [0.717, 1.165) is 11.3 Å². The van der Waals surface area contributed by atoms with Gasteiger partial charge in [-0.05, 0) is 19.4 Å². The van der Waals surface area contributed by atoms with Crippen molar-refractivity contribution >= 4 is 29.1 Å². The number of nitrogens with one attached hydrogen (secondary N) is 2. The van der Waals surface area contributed by atoms with Gasteiger partial charge in [-0.15, -0.1) is 0 Å². The van der Waals surface area contributed by atoms with E-state index >= 15 is 0 Å². The Hall–Kier alpha value is -2.99. The highest BCUT2D eigenvalue weighted by Crippen LogP contribution is 2.37. The Morgan fingerprint density at radius 2 is 1.68 bits per heavy atom. The molecule has 1 atom stereocenters. The van der Waals surface area contributed by atoms with Crippen LogP contribution in [0.4, 0.5) is 17.5 Å². The minimum Gasteiger partial charge on any atom is -0.495 e. The van der Waals surface area contributed by atoms with E-state index in [-0.39, 0.29) is 6.04 Å². The molecular weight excluding hydrogens is 376 g/mol. The van der Waals surface area contributed by atoms with E-state index in [0.29, 0.717) is 34.0 Å². The van der Waals surface area contributed by atoms with E-state index in [9.17, 15) is 0 Å². The van der Waals surface area contributed by atoms with Crippen molar-refractivity contribution in [2.24, 2.45) is 0 Å². The van der Waals surface area contributed by atoms with Gasteiger partial charge in [0, 0.05) is 23.9 Å². The first-order valence-corrected chi connectivity index (χ1v) is 9.23. The molecule has 0 fully saturated rings. The third-order valence-corrected chi connectivity index (χ3v) is 4.53. The van der Waals surface area contributed by atoms with Crippen LogP contribution in [0.5, 0.6) is 11.5 Å². The first-order chi connectivity index (χ1) is 13.5. The number of benzene rings is 2. The lowest BCUT2D eigenvalue weighted by Gasteiger charge is -2.17. The van der Waals surface area contributed by atoms with Crippen LogP contribution in [-0.2, 0) is 0 Å². The molecule has 146 valence electrons. The predicted octanol–water partition coefficient (Wildman–Crippen LogP) is 5.37. The minimum absolute atomic E-state index is 0.0704. The second-order valence-electron chi connectivity index (χ2n) is 6.31. The summed E-state index contributed by atoms with van der Waals surface area (Å²) in [6.45, 7) is 3.99. The van der Waals surface area contributed by atoms with Gasteiger partial charge >= 0.3 is 0 Å². The number of aromatic nitrogens is 2. The summed E-state index contributed by atoms with van der Waals surface area (Å²) < 4.78 is 10.7. The summed E-state index contributed by atoms with van der Waals surface area (Å²) in [7, 11) is 3.16. The van der Waals surface area contributed by atoms with Crippen molar-refractivity contribution in [1.29, 1.82) is 0 Å². The molecule has 2 N–H and O–H groups in total.